The molecule has 0 bridgehead atoms. The van der Waals surface area contributed by atoms with E-state index < -0.39 is 0 Å². The monoisotopic (exact) mass is 392 g/mol. The van der Waals surface area contributed by atoms with Crippen molar-refractivity contribution in [2.24, 2.45) is 0 Å². The van der Waals surface area contributed by atoms with Crippen molar-refractivity contribution < 1.29 is 9.32 Å². The summed E-state index contributed by atoms with van der Waals surface area (Å²) < 4.78 is 5.59. The van der Waals surface area contributed by atoms with Crippen molar-refractivity contribution in [3.8, 4) is 11.3 Å². The quantitative estimate of drug-likeness (QED) is 0.672. The van der Waals surface area contributed by atoms with Gasteiger partial charge in [-0.05, 0) is 47.0 Å². The number of rotatable bonds is 3. The van der Waals surface area contributed by atoms with E-state index in [1.54, 1.807) is 18.6 Å². The second-order valence-corrected chi connectivity index (χ2v) is 7.49. The fourth-order valence-electron chi connectivity index (χ4n) is 3.69. The zero-order valence-electron chi connectivity index (χ0n) is 17.1. The van der Waals surface area contributed by atoms with Crippen LogP contribution >= 0.6 is 0 Å². The fourth-order valence-corrected chi connectivity index (χ4v) is 3.69. The summed E-state index contributed by atoms with van der Waals surface area (Å²) in [4.78, 5) is 32.7. The van der Waals surface area contributed by atoms with Crippen molar-refractivity contribution in [1.82, 2.24) is 30.0 Å². The third kappa shape index (κ3) is 3.62. The minimum absolute atomic E-state index is 0.130. The largest absolute Gasteiger partial charge is 0.356 e. The van der Waals surface area contributed by atoms with E-state index in [2.05, 4.69) is 20.1 Å². The summed E-state index contributed by atoms with van der Waals surface area (Å²) in [5.74, 6) is 1.19. The van der Waals surface area contributed by atoms with Crippen molar-refractivity contribution in [3.05, 3.63) is 52.8 Å². The number of aryl methyl sites for hydroxylation is 3. The lowest BCUT2D eigenvalue weighted by Crippen LogP contribution is -2.39. The first kappa shape index (κ1) is 19.2. The number of piperidine rings is 1. The van der Waals surface area contributed by atoms with Gasteiger partial charge < -0.3 is 9.42 Å². The second-order valence-electron chi connectivity index (χ2n) is 7.49. The van der Waals surface area contributed by atoms with Crippen LogP contribution in [0.5, 0.6) is 0 Å². The molecule has 1 atom stereocenters. The van der Waals surface area contributed by atoms with E-state index in [1.807, 2.05) is 32.6 Å². The average molecular weight is 392 g/mol. The maximum absolute atomic E-state index is 13.2. The number of hydrogen-bond acceptors (Lipinski definition) is 7. The van der Waals surface area contributed by atoms with Gasteiger partial charge in [0.15, 0.2) is 5.76 Å². The van der Waals surface area contributed by atoms with Crippen LogP contribution in [0.1, 0.15) is 64.3 Å². The Hall–Kier alpha value is -3.16. The summed E-state index contributed by atoms with van der Waals surface area (Å²) >= 11 is 0. The van der Waals surface area contributed by atoms with E-state index in [-0.39, 0.29) is 11.9 Å². The predicted molar refractivity (Wildman–Crippen MR) is 106 cm³/mol. The molecule has 0 aromatic carbocycles. The molecular formula is C21H24N6O2. The van der Waals surface area contributed by atoms with Crippen LogP contribution in [0.3, 0.4) is 0 Å². The van der Waals surface area contributed by atoms with Crippen LogP contribution in [0.2, 0.25) is 0 Å². The van der Waals surface area contributed by atoms with Crippen LogP contribution in [0, 0.1) is 27.7 Å². The lowest BCUT2D eigenvalue weighted by Gasteiger charge is -2.35. The van der Waals surface area contributed by atoms with Gasteiger partial charge in [-0.2, -0.15) is 0 Å². The van der Waals surface area contributed by atoms with E-state index in [4.69, 9.17) is 9.51 Å². The molecule has 4 rings (SSSR count). The summed E-state index contributed by atoms with van der Waals surface area (Å²) in [6.07, 6.45) is 7.72. The Morgan fingerprint density at radius 2 is 1.90 bits per heavy atom. The summed E-state index contributed by atoms with van der Waals surface area (Å²) in [5, 5.41) is 4.08. The molecule has 150 valence electrons. The van der Waals surface area contributed by atoms with Gasteiger partial charge in [0.05, 0.1) is 34.9 Å². The van der Waals surface area contributed by atoms with Crippen LogP contribution in [-0.4, -0.2) is 42.4 Å². The van der Waals surface area contributed by atoms with Gasteiger partial charge in [0, 0.05) is 24.5 Å². The number of likely N-dealkylation sites (tertiary alicyclic amines) is 1. The molecule has 0 radical (unpaired) electrons. The lowest BCUT2D eigenvalue weighted by atomic mass is 9.94. The molecule has 1 aliphatic heterocycles. The van der Waals surface area contributed by atoms with Crippen LogP contribution in [0.15, 0.2) is 23.1 Å². The minimum Gasteiger partial charge on any atom is -0.356 e. The molecule has 8 nitrogen and oxygen atoms in total. The Kier molecular flexibility index (Phi) is 5.08. The van der Waals surface area contributed by atoms with E-state index in [9.17, 15) is 4.79 Å². The molecular weight excluding hydrogens is 368 g/mol. The first-order chi connectivity index (χ1) is 14.0. The van der Waals surface area contributed by atoms with Gasteiger partial charge >= 0.3 is 0 Å². The normalized spacial score (nSPS) is 16.8. The Morgan fingerprint density at radius 3 is 2.59 bits per heavy atom. The molecule has 1 aliphatic rings. The van der Waals surface area contributed by atoms with Gasteiger partial charge in [0.25, 0.3) is 5.91 Å². The number of nitrogens with zero attached hydrogens (tertiary/aromatic N) is 6. The molecule has 0 unspecified atom stereocenters. The van der Waals surface area contributed by atoms with Crippen LogP contribution in [0.25, 0.3) is 11.3 Å². The summed E-state index contributed by atoms with van der Waals surface area (Å²) in [6.45, 7) is 8.23. The number of carbonyl (C=O) groups is 1. The molecule has 4 heterocycles. The van der Waals surface area contributed by atoms with Crippen LogP contribution < -0.4 is 0 Å². The fraction of sp³-hybridized carbons (Fsp3) is 0.429. The minimum atomic E-state index is -0.180. The molecule has 29 heavy (non-hydrogen) atoms. The van der Waals surface area contributed by atoms with E-state index in [0.717, 1.165) is 47.5 Å². The molecule has 0 aliphatic carbocycles. The van der Waals surface area contributed by atoms with Gasteiger partial charge in [-0.25, -0.2) is 15.0 Å². The molecule has 0 saturated carbocycles. The lowest BCUT2D eigenvalue weighted by molar-refractivity contribution is 0.0599. The molecule has 3 aromatic rings. The summed E-state index contributed by atoms with van der Waals surface area (Å²) in [7, 11) is 0. The number of amides is 1. The molecule has 0 N–H and O–H groups in total. The maximum atomic E-state index is 13.2. The maximum Gasteiger partial charge on any atom is 0.274 e. The van der Waals surface area contributed by atoms with Crippen LogP contribution in [-0.2, 0) is 0 Å². The highest BCUT2D eigenvalue weighted by Gasteiger charge is 2.33. The highest BCUT2D eigenvalue weighted by atomic mass is 16.5. The van der Waals surface area contributed by atoms with Crippen molar-refractivity contribution in [1.29, 1.82) is 0 Å². The highest BCUT2D eigenvalue weighted by Crippen LogP contribution is 2.37. The van der Waals surface area contributed by atoms with Gasteiger partial charge in [-0.15, -0.1) is 0 Å². The van der Waals surface area contributed by atoms with Crippen molar-refractivity contribution >= 4 is 5.91 Å². The first-order valence-corrected chi connectivity index (χ1v) is 9.82. The number of carbonyl (C=O) groups excluding carboxylic acids is 1. The summed E-state index contributed by atoms with van der Waals surface area (Å²) in [5.41, 5.74) is 4.50. The number of hydrogen-bond donors (Lipinski definition) is 0. The summed E-state index contributed by atoms with van der Waals surface area (Å²) in [6, 6.07) is -0.180. The van der Waals surface area contributed by atoms with Crippen molar-refractivity contribution in [2.45, 2.75) is 53.0 Å². The predicted octanol–water partition coefficient (Wildman–Crippen LogP) is 3.52. The molecule has 0 spiro atoms. The zero-order valence-corrected chi connectivity index (χ0v) is 17.1. The molecule has 8 heteroatoms. The third-order valence-electron chi connectivity index (χ3n) is 5.42. The Balaban J connectivity index is 1.77. The van der Waals surface area contributed by atoms with E-state index in [0.29, 0.717) is 23.8 Å². The van der Waals surface area contributed by atoms with Crippen molar-refractivity contribution in [2.75, 3.05) is 6.54 Å². The van der Waals surface area contributed by atoms with Gasteiger partial charge in [-0.1, -0.05) is 5.16 Å². The average Bonchev–Trinajstić information content (AvgIpc) is 3.06. The highest BCUT2D eigenvalue weighted by molar-refractivity contribution is 5.92. The Bertz CT molecular complexity index is 1040. The zero-order chi connectivity index (χ0) is 20.5. The van der Waals surface area contributed by atoms with Gasteiger partial charge in [0.1, 0.15) is 11.5 Å². The number of aromatic nitrogens is 5. The van der Waals surface area contributed by atoms with Crippen LogP contribution in [0.4, 0.5) is 0 Å². The first-order valence-electron chi connectivity index (χ1n) is 9.82. The van der Waals surface area contributed by atoms with E-state index in [1.165, 1.54) is 0 Å². The topological polar surface area (TPSA) is 97.9 Å². The molecule has 1 amide bonds. The van der Waals surface area contributed by atoms with Gasteiger partial charge in [-0.3, -0.25) is 9.78 Å². The van der Waals surface area contributed by atoms with E-state index >= 15 is 0 Å². The second kappa shape index (κ2) is 7.69. The Morgan fingerprint density at radius 1 is 1.07 bits per heavy atom. The molecule has 1 saturated heterocycles. The SMILES string of the molecule is Cc1cnc(C(=O)N2CCCC[C@@H]2c2nc(C)ncc2-c2onc(C)c2C)cn1. The van der Waals surface area contributed by atoms with Crippen molar-refractivity contribution in [3.63, 3.8) is 0 Å². The third-order valence-corrected chi connectivity index (χ3v) is 5.42. The molecule has 1 fully saturated rings. The Labute approximate surface area is 169 Å². The van der Waals surface area contributed by atoms with Gasteiger partial charge in [0.2, 0.25) is 0 Å². The standard InChI is InChI=1S/C21H24N6O2/c1-12-9-24-17(11-22-12)21(28)27-8-6-5-7-18(27)19-16(10-23-15(4)25-19)20-13(2)14(3)26-29-20/h9-11,18H,5-8H2,1-4H3/t18-/m1/s1. The molecule has 3 aromatic heterocycles. The smallest absolute Gasteiger partial charge is 0.274 e.